The second kappa shape index (κ2) is 12.3. The van der Waals surface area contributed by atoms with Crippen LogP contribution in [0, 0.1) is 0 Å². The maximum atomic E-state index is 9.19. The van der Waals surface area contributed by atoms with E-state index < -0.39 is 12.1 Å². The second-order valence-electron chi connectivity index (χ2n) is 13.9. The van der Waals surface area contributed by atoms with Crippen LogP contribution >= 0.6 is 0 Å². The molecule has 4 aromatic heterocycles. The van der Waals surface area contributed by atoms with Crippen molar-refractivity contribution in [2.75, 3.05) is 0 Å². The number of benzene rings is 8. The molecule has 0 amide bonds. The van der Waals surface area contributed by atoms with Gasteiger partial charge in [-0.3, -0.25) is 4.57 Å². The molecular formula is C51H31N5O. The fourth-order valence-corrected chi connectivity index (χ4v) is 8.22. The van der Waals surface area contributed by atoms with Gasteiger partial charge >= 0.3 is 0 Å². The molecule has 266 valence electrons. The maximum absolute atomic E-state index is 9.19. The minimum absolute atomic E-state index is 0.0574. The number of fused-ring (bicyclic) bond motifs is 9. The van der Waals surface area contributed by atoms with E-state index in [-0.39, 0.29) is 57.8 Å². The number of nitrogens with zero attached hydrogens (tertiary/aromatic N) is 5. The van der Waals surface area contributed by atoms with Crippen molar-refractivity contribution in [3.8, 4) is 45.5 Å². The van der Waals surface area contributed by atoms with Gasteiger partial charge in [0.2, 0.25) is 5.95 Å². The molecule has 0 N–H and O–H groups in total. The first-order valence-electron chi connectivity index (χ1n) is 22.0. The molecule has 57 heavy (non-hydrogen) atoms. The number of hydrogen-bond donors (Lipinski definition) is 0. The van der Waals surface area contributed by atoms with Gasteiger partial charge in [-0.05, 0) is 54.0 Å². The molecule has 0 spiro atoms. The van der Waals surface area contributed by atoms with E-state index in [1.54, 1.807) is 16.7 Å². The zero-order valence-electron chi connectivity index (χ0n) is 37.0. The third-order valence-electron chi connectivity index (χ3n) is 10.7. The van der Waals surface area contributed by atoms with Crippen LogP contribution in [0.3, 0.4) is 0 Å². The van der Waals surface area contributed by atoms with Crippen LogP contribution in [0.1, 0.15) is 9.60 Å². The quantitative estimate of drug-likeness (QED) is 0.176. The lowest BCUT2D eigenvalue weighted by Gasteiger charge is -2.15. The van der Waals surface area contributed by atoms with E-state index in [2.05, 4.69) is 24.3 Å². The van der Waals surface area contributed by atoms with Crippen LogP contribution in [0.2, 0.25) is 0 Å². The molecule has 0 aliphatic heterocycles. The SMILES string of the molecule is [2H]c1cc([2H])c2c(c1[2H])c1c([2H])c([2H])c([2H])c([2H])c1n2-c1ccccc1-c1nc(-c2cccc(-c3cccc4c3oc3ccccc34)c2)nc(-n2c3ccccc3c3ccccc32)n1. The summed E-state index contributed by atoms with van der Waals surface area (Å²) in [6.07, 6.45) is 0. The molecule has 6 nitrogen and oxygen atoms in total. The van der Waals surface area contributed by atoms with Crippen molar-refractivity contribution in [2.24, 2.45) is 0 Å². The minimum atomic E-state index is -0.470. The van der Waals surface area contributed by atoms with E-state index in [0.717, 1.165) is 54.9 Å². The molecule has 12 aromatic rings. The topological polar surface area (TPSA) is 61.7 Å². The molecule has 12 rings (SSSR count). The zero-order valence-corrected chi connectivity index (χ0v) is 30.0. The van der Waals surface area contributed by atoms with Gasteiger partial charge in [0.1, 0.15) is 11.2 Å². The minimum Gasteiger partial charge on any atom is -0.455 e. The van der Waals surface area contributed by atoms with Crippen LogP contribution in [-0.2, 0) is 0 Å². The smallest absolute Gasteiger partial charge is 0.238 e. The van der Waals surface area contributed by atoms with Crippen LogP contribution in [-0.4, -0.2) is 24.1 Å². The molecule has 0 fully saturated rings. The van der Waals surface area contributed by atoms with Gasteiger partial charge in [0.25, 0.3) is 0 Å². The van der Waals surface area contributed by atoms with Gasteiger partial charge < -0.3 is 8.98 Å². The number of para-hydroxylation sites is 7. The number of aromatic nitrogens is 5. The Morgan fingerprint density at radius 1 is 0.421 bits per heavy atom. The summed E-state index contributed by atoms with van der Waals surface area (Å²) < 4.78 is 72.2. The first-order valence-corrected chi connectivity index (χ1v) is 18.5. The van der Waals surface area contributed by atoms with Crippen LogP contribution < -0.4 is 0 Å². The highest BCUT2D eigenvalue weighted by molar-refractivity contribution is 6.11. The summed E-state index contributed by atoms with van der Waals surface area (Å²) in [5.74, 6) is 0.968. The molecule has 0 bridgehead atoms. The highest BCUT2D eigenvalue weighted by Gasteiger charge is 2.21. The summed E-state index contributed by atoms with van der Waals surface area (Å²) in [6, 6.07) is 44.5. The molecule has 0 radical (unpaired) electrons. The fraction of sp³-hybridized carbons (Fsp3) is 0. The first kappa shape index (κ1) is 25.3. The molecule has 6 heteroatoms. The monoisotopic (exact) mass is 736 g/mol. The van der Waals surface area contributed by atoms with Crippen LogP contribution in [0.15, 0.2) is 192 Å². The third-order valence-corrected chi connectivity index (χ3v) is 10.7. The van der Waals surface area contributed by atoms with E-state index in [4.69, 9.17) is 27.6 Å². The summed E-state index contributed by atoms with van der Waals surface area (Å²) in [4.78, 5) is 15.6. The van der Waals surface area contributed by atoms with Crippen LogP contribution in [0.5, 0.6) is 0 Å². The lowest BCUT2D eigenvalue weighted by atomic mass is 10.0. The van der Waals surface area contributed by atoms with Gasteiger partial charge in [-0.25, -0.2) is 4.98 Å². The molecule has 4 heterocycles. The summed E-state index contributed by atoms with van der Waals surface area (Å²) in [5, 5.41) is 4.22. The lowest BCUT2D eigenvalue weighted by Crippen LogP contribution is -2.07. The fourth-order valence-electron chi connectivity index (χ4n) is 8.22. The van der Waals surface area contributed by atoms with Gasteiger partial charge in [0, 0.05) is 49.0 Å². The van der Waals surface area contributed by atoms with E-state index in [1.165, 1.54) is 6.07 Å². The van der Waals surface area contributed by atoms with Crippen LogP contribution in [0.4, 0.5) is 0 Å². The Kier molecular flexibility index (Phi) is 5.48. The molecule has 0 aliphatic carbocycles. The lowest BCUT2D eigenvalue weighted by molar-refractivity contribution is 0.670. The van der Waals surface area contributed by atoms with Gasteiger partial charge in [0.15, 0.2) is 11.6 Å². The number of furan rings is 1. The molecule has 0 saturated carbocycles. The Morgan fingerprint density at radius 2 is 1.05 bits per heavy atom. The second-order valence-corrected chi connectivity index (χ2v) is 13.9. The van der Waals surface area contributed by atoms with Gasteiger partial charge in [-0.2, -0.15) is 9.97 Å². The molecule has 8 aromatic carbocycles. The van der Waals surface area contributed by atoms with Gasteiger partial charge in [0.05, 0.1) is 37.3 Å². The summed E-state index contributed by atoms with van der Waals surface area (Å²) in [7, 11) is 0. The van der Waals surface area contributed by atoms with Crippen molar-refractivity contribution < 1.29 is 14.0 Å². The summed E-state index contributed by atoms with van der Waals surface area (Å²) in [6.45, 7) is 0. The average molecular weight is 737 g/mol. The van der Waals surface area contributed by atoms with Crippen molar-refractivity contribution in [2.45, 2.75) is 0 Å². The Bertz CT molecular complexity index is 3910. The molecular weight excluding hydrogens is 699 g/mol. The van der Waals surface area contributed by atoms with Crippen molar-refractivity contribution in [1.82, 2.24) is 24.1 Å². The van der Waals surface area contributed by atoms with E-state index >= 15 is 0 Å². The number of hydrogen-bond acceptors (Lipinski definition) is 4. The Labute approximate surface area is 336 Å². The van der Waals surface area contributed by atoms with Crippen molar-refractivity contribution in [1.29, 1.82) is 0 Å². The van der Waals surface area contributed by atoms with Gasteiger partial charge in [-0.1, -0.05) is 139 Å². The Balaban J connectivity index is 1.15. The highest BCUT2D eigenvalue weighted by atomic mass is 16.3. The predicted octanol–water partition coefficient (Wildman–Crippen LogP) is 13.0. The highest BCUT2D eigenvalue weighted by Crippen LogP contribution is 2.39. The van der Waals surface area contributed by atoms with Crippen molar-refractivity contribution in [3.63, 3.8) is 0 Å². The largest absolute Gasteiger partial charge is 0.455 e. The molecule has 0 unspecified atom stereocenters. The maximum Gasteiger partial charge on any atom is 0.238 e. The molecule has 0 aliphatic rings. The van der Waals surface area contributed by atoms with Crippen LogP contribution in [0.25, 0.3) is 111 Å². The van der Waals surface area contributed by atoms with Crippen molar-refractivity contribution in [3.05, 3.63) is 188 Å². The van der Waals surface area contributed by atoms with E-state index in [0.29, 0.717) is 28.6 Å². The summed E-state index contributed by atoms with van der Waals surface area (Å²) in [5.41, 5.74) is 6.97. The zero-order chi connectivity index (χ0) is 43.5. The van der Waals surface area contributed by atoms with Crippen molar-refractivity contribution >= 4 is 65.6 Å². The third kappa shape index (κ3) is 4.81. The Hall–Kier alpha value is -7.83. The first-order chi connectivity index (χ1) is 31.2. The summed E-state index contributed by atoms with van der Waals surface area (Å²) >= 11 is 0. The average Bonchev–Trinajstić information content (AvgIpc) is 4.01. The number of rotatable bonds is 5. The predicted molar refractivity (Wildman–Crippen MR) is 232 cm³/mol. The van der Waals surface area contributed by atoms with E-state index in [1.807, 2.05) is 108 Å². The van der Waals surface area contributed by atoms with Gasteiger partial charge in [-0.15, -0.1) is 0 Å². The molecule has 0 atom stereocenters. The molecule has 0 saturated heterocycles. The van der Waals surface area contributed by atoms with E-state index in [9.17, 15) is 1.37 Å². The standard InChI is InChI=1S/C51H31N5O/c1-7-25-42-35(17-1)36-18-2-8-26-43(36)55(42)46-29-11-5-22-41(46)50-52-49(53-51(54-50)56-44-27-9-3-19-37(44)38-20-4-10-28-45(38)56)33-16-13-15-32(31-33)34-23-14-24-40-39-21-6-12-30-47(39)57-48(34)40/h1-31H/i1D,2D,7D,17D,18D,25D,26D. The normalized spacial score (nSPS) is 13.6. The Morgan fingerprint density at radius 3 is 1.91 bits per heavy atom.